The van der Waals surface area contributed by atoms with Gasteiger partial charge in [0.1, 0.15) is 5.82 Å². The average molecular weight is 250 g/mol. The van der Waals surface area contributed by atoms with Crippen LogP contribution in [-0.2, 0) is 6.54 Å². The van der Waals surface area contributed by atoms with Crippen LogP contribution in [0.4, 0.5) is 10.3 Å². The minimum absolute atomic E-state index is 0.268. The van der Waals surface area contributed by atoms with Crippen molar-refractivity contribution < 1.29 is 4.39 Å². The van der Waals surface area contributed by atoms with Crippen molar-refractivity contribution in [3.05, 3.63) is 24.0 Å². The van der Waals surface area contributed by atoms with Gasteiger partial charge in [-0.25, -0.2) is 9.37 Å². The van der Waals surface area contributed by atoms with E-state index in [-0.39, 0.29) is 5.82 Å². The summed E-state index contributed by atoms with van der Waals surface area (Å²) in [5.74, 6) is 1.01. The molecule has 0 aliphatic heterocycles. The number of anilines is 1. The summed E-state index contributed by atoms with van der Waals surface area (Å²) in [6.45, 7) is 6.28. The normalized spacial score (nSPS) is 11.4. The lowest BCUT2D eigenvalue weighted by atomic mass is 10.2. The minimum atomic E-state index is -0.268. The number of imidazole rings is 1. The summed E-state index contributed by atoms with van der Waals surface area (Å²) in [5.41, 5.74) is 7.19. The van der Waals surface area contributed by atoms with Crippen molar-refractivity contribution in [2.24, 2.45) is 11.7 Å². The van der Waals surface area contributed by atoms with Gasteiger partial charge in [0, 0.05) is 25.7 Å². The molecular formula is C13H19FN4. The average Bonchev–Trinajstić information content (AvgIpc) is 2.64. The molecule has 0 aliphatic rings. The Labute approximate surface area is 106 Å². The highest BCUT2D eigenvalue weighted by Gasteiger charge is 2.10. The van der Waals surface area contributed by atoms with Crippen LogP contribution in [0.3, 0.4) is 0 Å². The molecular weight excluding hydrogens is 231 g/mol. The molecule has 0 aliphatic carbocycles. The number of hydrogen-bond donors (Lipinski definition) is 2. The molecule has 3 N–H and O–H groups in total. The van der Waals surface area contributed by atoms with E-state index < -0.39 is 0 Å². The van der Waals surface area contributed by atoms with E-state index in [1.165, 1.54) is 12.1 Å². The molecule has 1 heterocycles. The molecule has 5 heteroatoms. The molecule has 0 atom stereocenters. The summed E-state index contributed by atoms with van der Waals surface area (Å²) in [6, 6.07) is 4.64. The number of halogens is 1. The monoisotopic (exact) mass is 250 g/mol. The maximum atomic E-state index is 13.2. The molecule has 0 saturated heterocycles. The van der Waals surface area contributed by atoms with Crippen molar-refractivity contribution in [1.82, 2.24) is 9.55 Å². The first kappa shape index (κ1) is 12.8. The van der Waals surface area contributed by atoms with Crippen molar-refractivity contribution >= 4 is 17.0 Å². The smallest absolute Gasteiger partial charge is 0.203 e. The maximum Gasteiger partial charge on any atom is 0.203 e. The zero-order chi connectivity index (χ0) is 13.1. The van der Waals surface area contributed by atoms with Crippen molar-refractivity contribution in [3.63, 3.8) is 0 Å². The topological polar surface area (TPSA) is 55.9 Å². The molecule has 0 unspecified atom stereocenters. The Morgan fingerprint density at radius 3 is 2.89 bits per heavy atom. The van der Waals surface area contributed by atoms with Gasteiger partial charge in [-0.15, -0.1) is 0 Å². The number of hydrogen-bond acceptors (Lipinski definition) is 3. The number of aromatic nitrogens is 2. The number of fused-ring (bicyclic) bond motifs is 1. The van der Waals surface area contributed by atoms with Gasteiger partial charge in [0.05, 0.1) is 11.0 Å². The van der Waals surface area contributed by atoms with E-state index in [0.717, 1.165) is 18.0 Å². The zero-order valence-corrected chi connectivity index (χ0v) is 10.8. The molecule has 0 radical (unpaired) electrons. The molecule has 2 rings (SSSR count). The molecule has 0 bridgehead atoms. The Morgan fingerprint density at radius 1 is 1.44 bits per heavy atom. The van der Waals surface area contributed by atoms with Crippen molar-refractivity contribution in [2.45, 2.75) is 20.4 Å². The van der Waals surface area contributed by atoms with Crippen molar-refractivity contribution in [2.75, 3.05) is 18.4 Å². The predicted octanol–water partition coefficient (Wildman–Crippen LogP) is 2.20. The lowest BCUT2D eigenvalue weighted by Crippen LogP contribution is -2.16. The molecule has 98 valence electrons. The molecule has 1 aromatic carbocycles. The van der Waals surface area contributed by atoms with E-state index >= 15 is 0 Å². The fraction of sp³-hybridized carbons (Fsp3) is 0.462. The lowest BCUT2D eigenvalue weighted by Gasteiger charge is -2.11. The van der Waals surface area contributed by atoms with E-state index in [2.05, 4.69) is 24.1 Å². The molecule has 0 saturated carbocycles. The van der Waals surface area contributed by atoms with Crippen LogP contribution in [0.2, 0.25) is 0 Å². The molecule has 0 amide bonds. The third kappa shape index (κ3) is 2.61. The van der Waals surface area contributed by atoms with Gasteiger partial charge in [0.15, 0.2) is 0 Å². The third-order valence-corrected chi connectivity index (χ3v) is 2.73. The first-order valence-corrected chi connectivity index (χ1v) is 6.21. The standard InChI is InChI=1S/C13H19FN4/c1-9(2)8-16-13-17-11-7-10(14)3-4-12(11)18(13)6-5-15/h3-4,7,9H,5-6,8,15H2,1-2H3,(H,16,17). The first-order chi connectivity index (χ1) is 8.61. The summed E-state index contributed by atoms with van der Waals surface area (Å²) >= 11 is 0. The Kier molecular flexibility index (Phi) is 3.81. The fourth-order valence-corrected chi connectivity index (χ4v) is 1.89. The number of nitrogens with zero attached hydrogens (tertiary/aromatic N) is 2. The number of benzene rings is 1. The highest BCUT2D eigenvalue weighted by molar-refractivity contribution is 5.78. The molecule has 1 aromatic heterocycles. The Hall–Kier alpha value is -1.62. The van der Waals surface area contributed by atoms with Gasteiger partial charge in [-0.2, -0.15) is 0 Å². The van der Waals surface area contributed by atoms with Crippen LogP contribution >= 0.6 is 0 Å². The number of nitrogens with one attached hydrogen (secondary N) is 1. The zero-order valence-electron chi connectivity index (χ0n) is 10.8. The molecule has 0 fully saturated rings. The Bertz CT molecular complexity index is 533. The SMILES string of the molecule is CC(C)CNc1nc2cc(F)ccc2n1CCN. The van der Waals surface area contributed by atoms with Crippen molar-refractivity contribution in [1.29, 1.82) is 0 Å². The second-order valence-electron chi connectivity index (χ2n) is 4.78. The van der Waals surface area contributed by atoms with Crippen molar-refractivity contribution in [3.8, 4) is 0 Å². The largest absolute Gasteiger partial charge is 0.355 e. The summed E-state index contributed by atoms with van der Waals surface area (Å²) in [5, 5.41) is 3.28. The lowest BCUT2D eigenvalue weighted by molar-refractivity contribution is 0.629. The van der Waals surface area contributed by atoms with Crippen LogP contribution in [-0.4, -0.2) is 22.6 Å². The van der Waals surface area contributed by atoms with Gasteiger partial charge in [0.2, 0.25) is 5.95 Å². The van der Waals surface area contributed by atoms with Crippen LogP contribution < -0.4 is 11.1 Å². The van der Waals surface area contributed by atoms with Crippen LogP contribution in [0.1, 0.15) is 13.8 Å². The Balaban J connectivity index is 2.40. The summed E-state index contributed by atoms with van der Waals surface area (Å²) in [4.78, 5) is 4.42. The quantitative estimate of drug-likeness (QED) is 0.855. The maximum absolute atomic E-state index is 13.2. The fourth-order valence-electron chi connectivity index (χ4n) is 1.89. The molecule has 0 spiro atoms. The summed E-state index contributed by atoms with van der Waals surface area (Å²) < 4.78 is 15.2. The number of nitrogens with two attached hydrogens (primary N) is 1. The van der Waals surface area contributed by atoms with Gasteiger partial charge in [-0.1, -0.05) is 13.8 Å². The van der Waals surface area contributed by atoms with E-state index in [1.54, 1.807) is 6.07 Å². The molecule has 18 heavy (non-hydrogen) atoms. The highest BCUT2D eigenvalue weighted by Crippen LogP contribution is 2.20. The Morgan fingerprint density at radius 2 is 2.22 bits per heavy atom. The molecule has 4 nitrogen and oxygen atoms in total. The van der Waals surface area contributed by atoms with Gasteiger partial charge in [-0.05, 0) is 18.1 Å². The highest BCUT2D eigenvalue weighted by atomic mass is 19.1. The van der Waals surface area contributed by atoms with Gasteiger partial charge < -0.3 is 15.6 Å². The summed E-state index contributed by atoms with van der Waals surface area (Å²) in [7, 11) is 0. The van der Waals surface area contributed by atoms with Gasteiger partial charge in [-0.3, -0.25) is 0 Å². The van der Waals surface area contributed by atoms with Crippen LogP contribution in [0.25, 0.3) is 11.0 Å². The number of rotatable bonds is 5. The van der Waals surface area contributed by atoms with E-state index in [9.17, 15) is 4.39 Å². The molecule has 2 aromatic rings. The third-order valence-electron chi connectivity index (χ3n) is 2.73. The second kappa shape index (κ2) is 5.35. The van der Waals surface area contributed by atoms with Gasteiger partial charge >= 0.3 is 0 Å². The van der Waals surface area contributed by atoms with Crippen LogP contribution in [0, 0.1) is 11.7 Å². The minimum Gasteiger partial charge on any atom is -0.355 e. The second-order valence-corrected chi connectivity index (χ2v) is 4.78. The van der Waals surface area contributed by atoms with Crippen LogP contribution in [0.5, 0.6) is 0 Å². The van der Waals surface area contributed by atoms with E-state index in [4.69, 9.17) is 5.73 Å². The first-order valence-electron chi connectivity index (χ1n) is 6.21. The van der Waals surface area contributed by atoms with E-state index in [0.29, 0.717) is 24.5 Å². The van der Waals surface area contributed by atoms with Crippen LogP contribution in [0.15, 0.2) is 18.2 Å². The summed E-state index contributed by atoms with van der Waals surface area (Å²) in [6.07, 6.45) is 0. The predicted molar refractivity (Wildman–Crippen MR) is 72.1 cm³/mol. The van der Waals surface area contributed by atoms with Gasteiger partial charge in [0.25, 0.3) is 0 Å². The van der Waals surface area contributed by atoms with E-state index in [1.807, 2.05) is 4.57 Å².